The maximum atomic E-state index is 9.60. The van der Waals surface area contributed by atoms with E-state index in [0.717, 1.165) is 10.8 Å². The van der Waals surface area contributed by atoms with Crippen LogP contribution in [-0.2, 0) is 0 Å². The summed E-state index contributed by atoms with van der Waals surface area (Å²) in [5, 5.41) is 1.31. The maximum Gasteiger partial charge on any atom is 0.167 e. The largest absolute Gasteiger partial charge is 0.456 e. The molecule has 0 saturated heterocycles. The van der Waals surface area contributed by atoms with Crippen LogP contribution in [0.15, 0.2) is 148 Å². The van der Waals surface area contributed by atoms with Crippen molar-refractivity contribution >= 4 is 43.9 Å². The van der Waals surface area contributed by atoms with E-state index in [9.17, 15) is 1.37 Å². The van der Waals surface area contributed by atoms with Gasteiger partial charge in [0.2, 0.25) is 0 Å². The third kappa shape index (κ3) is 3.91. The standard InChI is InChI=1S/C39H23N3O2/c1-3-11-24(12-4-1)27-16-10-20-34-35(27)31-23-26(21-22-33(31)43-34)38-40-37(25-13-5-2-6-14-25)41-39(42-38)30-18-9-17-29-28-15-7-8-19-32(28)44-36(29)30/h1-23H/i1D,3D,4D,10D,11D,12D,16D,20D,21D,22D,23D. The summed E-state index contributed by atoms with van der Waals surface area (Å²) < 4.78 is 108. The third-order valence-corrected chi connectivity index (χ3v) is 7.36. The predicted molar refractivity (Wildman–Crippen MR) is 176 cm³/mol. The van der Waals surface area contributed by atoms with Crippen molar-refractivity contribution in [3.8, 4) is 45.3 Å². The van der Waals surface area contributed by atoms with Crippen LogP contribution in [0.2, 0.25) is 0 Å². The molecule has 5 heteroatoms. The Morgan fingerprint density at radius 3 is 2.11 bits per heavy atom. The van der Waals surface area contributed by atoms with Crippen LogP contribution >= 0.6 is 0 Å². The molecule has 0 amide bonds. The molecule has 0 fully saturated rings. The van der Waals surface area contributed by atoms with Crippen molar-refractivity contribution in [1.82, 2.24) is 15.0 Å². The van der Waals surface area contributed by atoms with Crippen molar-refractivity contribution in [3.63, 3.8) is 0 Å². The lowest BCUT2D eigenvalue weighted by atomic mass is 9.99. The van der Waals surface area contributed by atoms with Gasteiger partial charge in [-0.15, -0.1) is 0 Å². The molecule has 0 aliphatic rings. The van der Waals surface area contributed by atoms with Gasteiger partial charge in [0, 0.05) is 32.7 Å². The molecule has 3 aromatic heterocycles. The minimum atomic E-state index is -0.690. The lowest BCUT2D eigenvalue weighted by Crippen LogP contribution is -2.00. The van der Waals surface area contributed by atoms with Gasteiger partial charge in [-0.3, -0.25) is 0 Å². The van der Waals surface area contributed by atoms with Gasteiger partial charge >= 0.3 is 0 Å². The van der Waals surface area contributed by atoms with Crippen LogP contribution in [0.1, 0.15) is 15.1 Å². The number of fused-ring (bicyclic) bond motifs is 6. The van der Waals surface area contributed by atoms with Crippen molar-refractivity contribution in [3.05, 3.63) is 139 Å². The number of furan rings is 2. The summed E-state index contributed by atoms with van der Waals surface area (Å²) >= 11 is 0. The van der Waals surface area contributed by atoms with Crippen molar-refractivity contribution in [2.24, 2.45) is 0 Å². The first-order chi connectivity index (χ1) is 26.4. The Morgan fingerprint density at radius 1 is 0.455 bits per heavy atom. The van der Waals surface area contributed by atoms with Gasteiger partial charge in [-0.2, -0.15) is 0 Å². The number of rotatable bonds is 4. The zero-order valence-corrected chi connectivity index (χ0v) is 22.6. The topological polar surface area (TPSA) is 65.0 Å². The summed E-state index contributed by atoms with van der Waals surface area (Å²) in [4.78, 5) is 14.3. The van der Waals surface area contributed by atoms with Crippen LogP contribution in [0, 0.1) is 0 Å². The number of aromatic nitrogens is 3. The number of hydrogen-bond acceptors (Lipinski definition) is 5. The maximum absolute atomic E-state index is 9.60. The zero-order chi connectivity index (χ0) is 38.6. The fourth-order valence-electron chi connectivity index (χ4n) is 5.38. The van der Waals surface area contributed by atoms with E-state index in [0.29, 0.717) is 22.3 Å². The SMILES string of the molecule is [2H]c1c([2H])c([2H])c(-c2c([2H])c([2H])c([2H])c3oc4c([2H])c([2H])c(-c5nc(-c6ccccc6)nc(-c6cccc7c6oc6ccccc67)n5)c([2H])c4c23)c([2H])c1[2H]. The molecule has 44 heavy (non-hydrogen) atoms. The normalized spacial score (nSPS) is 15.1. The Kier molecular flexibility index (Phi) is 3.54. The van der Waals surface area contributed by atoms with E-state index in [1.807, 2.05) is 42.5 Å². The minimum Gasteiger partial charge on any atom is -0.456 e. The second-order valence-corrected chi connectivity index (χ2v) is 9.96. The van der Waals surface area contributed by atoms with Gasteiger partial charge in [-0.25, -0.2) is 15.0 Å². The van der Waals surface area contributed by atoms with Gasteiger partial charge in [0.25, 0.3) is 0 Å². The van der Waals surface area contributed by atoms with E-state index in [1.54, 1.807) is 30.3 Å². The van der Waals surface area contributed by atoms with E-state index in [4.69, 9.17) is 37.5 Å². The fourth-order valence-corrected chi connectivity index (χ4v) is 5.38. The molecule has 206 valence electrons. The molecule has 3 heterocycles. The summed E-state index contributed by atoms with van der Waals surface area (Å²) in [6.07, 6.45) is 0. The van der Waals surface area contributed by atoms with Crippen LogP contribution in [0.5, 0.6) is 0 Å². The first kappa shape index (κ1) is 16.0. The molecule has 0 aliphatic carbocycles. The van der Waals surface area contributed by atoms with E-state index in [-0.39, 0.29) is 50.5 Å². The van der Waals surface area contributed by atoms with Crippen molar-refractivity contribution < 1.29 is 23.9 Å². The van der Waals surface area contributed by atoms with Gasteiger partial charge in [-0.1, -0.05) is 103 Å². The molecule has 0 saturated carbocycles. The minimum absolute atomic E-state index is 0.150. The molecule has 9 aromatic rings. The average molecular weight is 577 g/mol. The molecule has 9 rings (SSSR count). The summed E-state index contributed by atoms with van der Waals surface area (Å²) in [6, 6.07) is 15.3. The molecule has 0 radical (unpaired) electrons. The Labute approximate surface area is 267 Å². The van der Waals surface area contributed by atoms with Gasteiger partial charge in [0.05, 0.1) is 20.6 Å². The van der Waals surface area contributed by atoms with E-state index in [2.05, 4.69) is 0 Å². The Balaban J connectivity index is 1.40. The lowest BCUT2D eigenvalue weighted by Gasteiger charge is -2.09. The second kappa shape index (κ2) is 9.75. The molecular formula is C39H23N3O2. The highest BCUT2D eigenvalue weighted by molar-refractivity contribution is 6.13. The highest BCUT2D eigenvalue weighted by Gasteiger charge is 2.19. The van der Waals surface area contributed by atoms with E-state index < -0.39 is 72.0 Å². The van der Waals surface area contributed by atoms with Crippen molar-refractivity contribution in [2.45, 2.75) is 0 Å². The van der Waals surface area contributed by atoms with E-state index in [1.165, 1.54) is 0 Å². The molecule has 0 atom stereocenters. The predicted octanol–water partition coefficient (Wildman–Crippen LogP) is 10.3. The fraction of sp³-hybridized carbons (Fsp3) is 0. The molecule has 0 N–H and O–H groups in total. The van der Waals surface area contributed by atoms with Gasteiger partial charge in [0.1, 0.15) is 22.3 Å². The monoisotopic (exact) mass is 576 g/mol. The number of nitrogens with zero attached hydrogens (tertiary/aromatic N) is 3. The number of para-hydroxylation sites is 2. The van der Waals surface area contributed by atoms with Crippen LogP contribution in [-0.4, -0.2) is 15.0 Å². The Hall–Kier alpha value is -6.07. The highest BCUT2D eigenvalue weighted by Crippen LogP contribution is 2.39. The van der Waals surface area contributed by atoms with Crippen molar-refractivity contribution in [2.75, 3.05) is 0 Å². The van der Waals surface area contributed by atoms with Crippen LogP contribution < -0.4 is 0 Å². The first-order valence-corrected chi connectivity index (χ1v) is 13.6. The zero-order valence-electron chi connectivity index (χ0n) is 33.6. The average Bonchev–Trinajstić information content (AvgIpc) is 3.79. The third-order valence-electron chi connectivity index (χ3n) is 7.36. The summed E-state index contributed by atoms with van der Waals surface area (Å²) in [5.74, 6) is 0.184. The number of hydrogen-bond donors (Lipinski definition) is 0. The molecule has 0 bridgehead atoms. The van der Waals surface area contributed by atoms with Crippen molar-refractivity contribution in [1.29, 1.82) is 0 Å². The van der Waals surface area contributed by atoms with E-state index >= 15 is 0 Å². The Bertz CT molecular complexity index is 3100. The summed E-state index contributed by atoms with van der Waals surface area (Å²) in [5.41, 5.74) is 0.542. The van der Waals surface area contributed by atoms with Crippen LogP contribution in [0.25, 0.3) is 89.2 Å². The molecule has 6 aromatic carbocycles. The molecule has 5 nitrogen and oxygen atoms in total. The van der Waals surface area contributed by atoms with Gasteiger partial charge in [0.15, 0.2) is 17.5 Å². The first-order valence-electron chi connectivity index (χ1n) is 19.1. The van der Waals surface area contributed by atoms with Gasteiger partial charge < -0.3 is 8.83 Å². The van der Waals surface area contributed by atoms with Crippen LogP contribution in [0.3, 0.4) is 0 Å². The molecule has 0 aliphatic heterocycles. The van der Waals surface area contributed by atoms with Gasteiger partial charge in [-0.05, 0) is 47.4 Å². The molecule has 0 spiro atoms. The number of benzene rings is 6. The molecular weight excluding hydrogens is 542 g/mol. The second-order valence-electron chi connectivity index (χ2n) is 9.96. The summed E-state index contributed by atoms with van der Waals surface area (Å²) in [7, 11) is 0. The smallest absolute Gasteiger partial charge is 0.167 e. The quantitative estimate of drug-likeness (QED) is 0.209. The van der Waals surface area contributed by atoms with Crippen LogP contribution in [0.4, 0.5) is 0 Å². The Morgan fingerprint density at radius 2 is 1.23 bits per heavy atom. The summed E-state index contributed by atoms with van der Waals surface area (Å²) in [6.45, 7) is 0. The molecule has 0 unspecified atom stereocenters. The lowest BCUT2D eigenvalue weighted by molar-refractivity contribution is 0.669. The highest BCUT2D eigenvalue weighted by atomic mass is 16.3.